The van der Waals surface area contributed by atoms with E-state index in [4.69, 9.17) is 23.2 Å². The van der Waals surface area contributed by atoms with Crippen molar-refractivity contribution in [1.29, 1.82) is 0 Å². The fraction of sp³-hybridized carbons (Fsp3) is 0.250. The number of hydrogen-bond donors (Lipinski definition) is 2. The van der Waals surface area contributed by atoms with Gasteiger partial charge in [0.25, 0.3) is 0 Å². The summed E-state index contributed by atoms with van der Waals surface area (Å²) < 4.78 is 0. The molecule has 4 nitrogen and oxygen atoms in total. The van der Waals surface area contributed by atoms with Crippen LogP contribution in [0, 0.1) is 0 Å². The molecule has 0 atom stereocenters. The van der Waals surface area contributed by atoms with Crippen LogP contribution in [0.15, 0.2) is 18.3 Å². The van der Waals surface area contributed by atoms with E-state index in [9.17, 15) is 4.79 Å². The predicted octanol–water partition coefficient (Wildman–Crippen LogP) is 2.10. The zero-order valence-corrected chi connectivity index (χ0v) is 8.77. The molecule has 76 valence electrons. The van der Waals surface area contributed by atoms with Crippen LogP contribution in [0.4, 0.5) is 10.5 Å². The number of rotatable bonds is 3. The number of alkyl halides is 1. The molecule has 0 aliphatic carbocycles. The molecule has 1 heterocycles. The molecule has 0 fully saturated rings. The largest absolute Gasteiger partial charge is 0.337 e. The standard InChI is InChI=1S/C8H9Cl2N3O/c9-2-4-12-8(14)13-6-1-3-11-7(10)5-6/h1,3,5H,2,4H2,(H2,11,12,13,14). The molecule has 1 aromatic heterocycles. The van der Waals surface area contributed by atoms with Crippen molar-refractivity contribution in [1.82, 2.24) is 10.3 Å². The minimum Gasteiger partial charge on any atom is -0.337 e. The molecule has 0 saturated heterocycles. The van der Waals surface area contributed by atoms with E-state index >= 15 is 0 Å². The molecule has 1 rings (SSSR count). The van der Waals surface area contributed by atoms with E-state index in [0.717, 1.165) is 0 Å². The number of nitrogens with zero attached hydrogens (tertiary/aromatic N) is 1. The van der Waals surface area contributed by atoms with Gasteiger partial charge in [0.1, 0.15) is 5.15 Å². The number of carbonyl (C=O) groups is 1. The zero-order chi connectivity index (χ0) is 10.4. The average molecular weight is 234 g/mol. The van der Waals surface area contributed by atoms with E-state index in [2.05, 4.69) is 15.6 Å². The van der Waals surface area contributed by atoms with Gasteiger partial charge < -0.3 is 10.6 Å². The van der Waals surface area contributed by atoms with Crippen molar-refractivity contribution in [2.24, 2.45) is 0 Å². The predicted molar refractivity (Wildman–Crippen MR) is 57.0 cm³/mol. The topological polar surface area (TPSA) is 54.0 Å². The van der Waals surface area contributed by atoms with E-state index in [1.165, 1.54) is 6.20 Å². The molecule has 1 aromatic rings. The lowest BCUT2D eigenvalue weighted by Gasteiger charge is -2.05. The van der Waals surface area contributed by atoms with Gasteiger partial charge in [-0.25, -0.2) is 9.78 Å². The zero-order valence-electron chi connectivity index (χ0n) is 7.26. The molecule has 0 radical (unpaired) electrons. The Bertz CT molecular complexity index is 319. The fourth-order valence-corrected chi connectivity index (χ4v) is 1.08. The van der Waals surface area contributed by atoms with Crippen LogP contribution in [0.3, 0.4) is 0 Å². The van der Waals surface area contributed by atoms with Gasteiger partial charge in [0.05, 0.1) is 0 Å². The molecule has 0 aromatic carbocycles. The van der Waals surface area contributed by atoms with Crippen LogP contribution in [0.25, 0.3) is 0 Å². The lowest BCUT2D eigenvalue weighted by molar-refractivity contribution is 0.252. The number of halogens is 2. The summed E-state index contributed by atoms with van der Waals surface area (Å²) in [6.07, 6.45) is 1.51. The number of aromatic nitrogens is 1. The Labute approximate surface area is 91.6 Å². The third-order valence-electron chi connectivity index (χ3n) is 1.36. The number of hydrogen-bond acceptors (Lipinski definition) is 2. The molecule has 2 N–H and O–H groups in total. The molecular weight excluding hydrogens is 225 g/mol. The maximum atomic E-state index is 11.1. The van der Waals surface area contributed by atoms with E-state index in [0.29, 0.717) is 23.3 Å². The van der Waals surface area contributed by atoms with Crippen molar-refractivity contribution in [2.75, 3.05) is 17.7 Å². The van der Waals surface area contributed by atoms with Gasteiger partial charge in [-0.15, -0.1) is 11.6 Å². The van der Waals surface area contributed by atoms with Crippen LogP contribution in [-0.2, 0) is 0 Å². The second kappa shape index (κ2) is 5.67. The second-order valence-electron chi connectivity index (χ2n) is 2.44. The Hall–Kier alpha value is -1.00. The van der Waals surface area contributed by atoms with Gasteiger partial charge >= 0.3 is 6.03 Å². The summed E-state index contributed by atoms with van der Waals surface area (Å²) in [7, 11) is 0. The molecule has 0 aliphatic rings. The first-order chi connectivity index (χ1) is 6.72. The number of nitrogens with one attached hydrogen (secondary N) is 2. The second-order valence-corrected chi connectivity index (χ2v) is 3.20. The average Bonchev–Trinajstić information content (AvgIpc) is 2.15. The Morgan fingerprint density at radius 1 is 1.57 bits per heavy atom. The maximum Gasteiger partial charge on any atom is 0.319 e. The summed E-state index contributed by atoms with van der Waals surface area (Å²) in [4.78, 5) is 14.9. The molecule has 0 unspecified atom stereocenters. The molecule has 0 saturated carbocycles. The Morgan fingerprint density at radius 2 is 2.36 bits per heavy atom. The molecular formula is C8H9Cl2N3O. The quantitative estimate of drug-likeness (QED) is 0.621. The minimum atomic E-state index is -0.312. The van der Waals surface area contributed by atoms with E-state index in [1.54, 1.807) is 12.1 Å². The monoisotopic (exact) mass is 233 g/mol. The lowest BCUT2D eigenvalue weighted by Crippen LogP contribution is -2.30. The third kappa shape index (κ3) is 3.81. The summed E-state index contributed by atoms with van der Waals surface area (Å²) in [5, 5.41) is 5.47. The maximum absolute atomic E-state index is 11.1. The van der Waals surface area contributed by atoms with E-state index < -0.39 is 0 Å². The molecule has 6 heteroatoms. The number of amides is 2. The first-order valence-corrected chi connectivity index (χ1v) is 4.86. The van der Waals surface area contributed by atoms with Gasteiger partial charge in [-0.1, -0.05) is 11.6 Å². The van der Waals surface area contributed by atoms with Crippen molar-refractivity contribution in [3.05, 3.63) is 23.5 Å². The molecule has 14 heavy (non-hydrogen) atoms. The van der Waals surface area contributed by atoms with Crippen molar-refractivity contribution in [3.63, 3.8) is 0 Å². The van der Waals surface area contributed by atoms with Gasteiger partial charge in [-0.2, -0.15) is 0 Å². The third-order valence-corrected chi connectivity index (χ3v) is 1.76. The van der Waals surface area contributed by atoms with Crippen LogP contribution in [0.2, 0.25) is 5.15 Å². The van der Waals surface area contributed by atoms with Gasteiger partial charge in [-0.3, -0.25) is 0 Å². The Balaban J connectivity index is 2.47. The van der Waals surface area contributed by atoms with E-state index in [1.807, 2.05) is 0 Å². The first kappa shape index (κ1) is 11.1. The highest BCUT2D eigenvalue weighted by Gasteiger charge is 2.00. The van der Waals surface area contributed by atoms with Crippen molar-refractivity contribution < 1.29 is 4.79 Å². The molecule has 0 spiro atoms. The van der Waals surface area contributed by atoms with Crippen LogP contribution >= 0.6 is 23.2 Å². The summed E-state index contributed by atoms with van der Waals surface area (Å²) in [6.45, 7) is 0.423. The number of pyridine rings is 1. The summed E-state index contributed by atoms with van der Waals surface area (Å²) in [5.41, 5.74) is 0.595. The first-order valence-electron chi connectivity index (χ1n) is 3.95. The SMILES string of the molecule is O=C(NCCCl)Nc1ccnc(Cl)c1. The van der Waals surface area contributed by atoms with Gasteiger partial charge in [0, 0.05) is 24.3 Å². The Morgan fingerprint density at radius 3 is 3.00 bits per heavy atom. The fourth-order valence-electron chi connectivity index (χ4n) is 0.816. The lowest BCUT2D eigenvalue weighted by atomic mass is 10.4. The van der Waals surface area contributed by atoms with Crippen LogP contribution in [0.5, 0.6) is 0 Å². The summed E-state index contributed by atoms with van der Waals surface area (Å²) in [6, 6.07) is 2.89. The number of anilines is 1. The van der Waals surface area contributed by atoms with Gasteiger partial charge in [0.2, 0.25) is 0 Å². The minimum absolute atomic E-state index is 0.312. The molecule has 2 amide bonds. The van der Waals surface area contributed by atoms with Crippen molar-refractivity contribution in [2.45, 2.75) is 0 Å². The summed E-state index contributed by atoms with van der Waals surface area (Å²) in [5.74, 6) is 0.379. The van der Waals surface area contributed by atoms with Crippen LogP contribution in [-0.4, -0.2) is 23.4 Å². The molecule has 0 bridgehead atoms. The number of urea groups is 1. The van der Waals surface area contributed by atoms with Crippen molar-refractivity contribution in [3.8, 4) is 0 Å². The number of carbonyl (C=O) groups excluding carboxylic acids is 1. The van der Waals surface area contributed by atoms with Crippen molar-refractivity contribution >= 4 is 34.9 Å². The highest BCUT2D eigenvalue weighted by atomic mass is 35.5. The highest BCUT2D eigenvalue weighted by Crippen LogP contribution is 2.11. The smallest absolute Gasteiger partial charge is 0.319 e. The van der Waals surface area contributed by atoms with Gasteiger partial charge in [-0.05, 0) is 12.1 Å². The van der Waals surface area contributed by atoms with E-state index in [-0.39, 0.29) is 6.03 Å². The van der Waals surface area contributed by atoms with Crippen LogP contribution < -0.4 is 10.6 Å². The normalized spacial score (nSPS) is 9.57. The van der Waals surface area contributed by atoms with Gasteiger partial charge in [0.15, 0.2) is 0 Å². The summed E-state index contributed by atoms with van der Waals surface area (Å²) >= 11 is 11.0. The van der Waals surface area contributed by atoms with Crippen LogP contribution in [0.1, 0.15) is 0 Å². The Kier molecular flexibility index (Phi) is 4.49. The highest BCUT2D eigenvalue weighted by molar-refractivity contribution is 6.29. The molecule has 0 aliphatic heterocycles.